The van der Waals surface area contributed by atoms with Crippen molar-refractivity contribution in [2.75, 3.05) is 44.6 Å². The number of phenols is 1. The van der Waals surface area contributed by atoms with E-state index in [1.54, 1.807) is 18.2 Å². The van der Waals surface area contributed by atoms with Crippen LogP contribution in [0, 0.1) is 0 Å². The number of phenolic OH excluding ortho intramolecular Hbond substituents is 1. The Balaban J connectivity index is 0.00000172. The van der Waals surface area contributed by atoms with Crippen molar-refractivity contribution in [1.82, 2.24) is 20.1 Å². The first-order valence-electron chi connectivity index (χ1n) is 19.3. The van der Waals surface area contributed by atoms with Gasteiger partial charge in [0.05, 0.1) is 17.3 Å². The number of pyridine rings is 1. The molecule has 0 radical (unpaired) electrons. The van der Waals surface area contributed by atoms with E-state index in [0.29, 0.717) is 36.1 Å². The van der Waals surface area contributed by atoms with E-state index in [9.17, 15) is 24.6 Å². The highest BCUT2D eigenvalue weighted by Crippen LogP contribution is 2.30. The van der Waals surface area contributed by atoms with Crippen molar-refractivity contribution in [2.45, 2.75) is 51.4 Å². The number of ether oxygens (including phenoxy) is 1. The molecule has 292 valence electrons. The number of fused-ring (bicyclic) bond motifs is 2. The largest absolute Gasteiger partial charge is 0.506 e. The van der Waals surface area contributed by atoms with Crippen LogP contribution < -0.4 is 16.2 Å². The van der Waals surface area contributed by atoms with Crippen LogP contribution in [0.3, 0.4) is 0 Å². The highest BCUT2D eigenvalue weighted by molar-refractivity contribution is 5.96. The molecule has 0 saturated carbocycles. The van der Waals surface area contributed by atoms with Gasteiger partial charge in [-0.3, -0.25) is 14.9 Å². The SMILES string of the molecule is C=CC.O=C(Nc1ccccc1-c1ccccc1)OC1CCN(CCN2CCCc3cc(CNCC(O)c4ccc(O)c5[nH]c(=O)ccc45)ccc3C2=O)CC1. The molecule has 5 N–H and O–H groups in total. The number of aromatic amines is 1. The van der Waals surface area contributed by atoms with Crippen molar-refractivity contribution in [2.24, 2.45) is 0 Å². The second-order valence-corrected chi connectivity index (χ2v) is 14.2. The van der Waals surface area contributed by atoms with E-state index in [-0.39, 0.29) is 29.9 Å². The van der Waals surface area contributed by atoms with Crippen LogP contribution in [0.25, 0.3) is 22.0 Å². The van der Waals surface area contributed by atoms with Crippen molar-refractivity contribution in [3.8, 4) is 16.9 Å². The summed E-state index contributed by atoms with van der Waals surface area (Å²) in [6, 6.07) is 29.7. The number of nitrogens with one attached hydrogen (secondary N) is 3. The summed E-state index contributed by atoms with van der Waals surface area (Å²) in [5.41, 5.74) is 6.07. The van der Waals surface area contributed by atoms with Crippen LogP contribution in [0.4, 0.5) is 10.5 Å². The van der Waals surface area contributed by atoms with E-state index in [4.69, 9.17) is 4.74 Å². The quantitative estimate of drug-likeness (QED) is 0.0905. The third-order valence-corrected chi connectivity index (χ3v) is 10.2. The lowest BCUT2D eigenvalue weighted by Crippen LogP contribution is -2.43. The maximum absolute atomic E-state index is 13.6. The van der Waals surface area contributed by atoms with Crippen LogP contribution in [0.15, 0.2) is 115 Å². The van der Waals surface area contributed by atoms with Crippen LogP contribution in [-0.4, -0.2) is 82.4 Å². The number of H-pyrrole nitrogens is 1. The Morgan fingerprint density at radius 3 is 2.48 bits per heavy atom. The molecule has 2 amide bonds. The van der Waals surface area contributed by atoms with Gasteiger partial charge >= 0.3 is 6.09 Å². The average molecular weight is 758 g/mol. The van der Waals surface area contributed by atoms with Crippen molar-refractivity contribution < 1.29 is 24.5 Å². The highest BCUT2D eigenvalue weighted by atomic mass is 16.6. The van der Waals surface area contributed by atoms with Gasteiger partial charge in [-0.1, -0.05) is 72.8 Å². The zero-order valence-corrected chi connectivity index (χ0v) is 31.9. The Morgan fingerprint density at radius 2 is 1.70 bits per heavy atom. The van der Waals surface area contributed by atoms with Crippen LogP contribution >= 0.6 is 0 Å². The Bertz CT molecular complexity index is 2180. The van der Waals surface area contributed by atoms with E-state index in [2.05, 4.69) is 33.2 Å². The summed E-state index contributed by atoms with van der Waals surface area (Å²) < 4.78 is 5.81. The van der Waals surface area contributed by atoms with E-state index >= 15 is 0 Å². The predicted molar refractivity (Wildman–Crippen MR) is 221 cm³/mol. The molecule has 2 aliphatic rings. The minimum atomic E-state index is -0.855. The maximum atomic E-state index is 13.6. The summed E-state index contributed by atoms with van der Waals surface area (Å²) in [7, 11) is 0. The number of benzene rings is 4. The summed E-state index contributed by atoms with van der Waals surface area (Å²) in [6.07, 6.45) is 3.46. The van der Waals surface area contributed by atoms with Gasteiger partial charge < -0.3 is 35.1 Å². The maximum Gasteiger partial charge on any atom is 0.411 e. The fourth-order valence-electron chi connectivity index (χ4n) is 7.40. The molecule has 0 spiro atoms. The van der Waals surface area contributed by atoms with Crippen LogP contribution in [-0.2, 0) is 17.7 Å². The number of allylic oxidation sites excluding steroid dienone is 1. The average Bonchev–Trinajstić information content (AvgIpc) is 3.36. The highest BCUT2D eigenvalue weighted by Gasteiger charge is 2.26. The molecule has 56 heavy (non-hydrogen) atoms. The van der Waals surface area contributed by atoms with E-state index in [1.807, 2.05) is 78.6 Å². The van der Waals surface area contributed by atoms with Gasteiger partial charge in [0.1, 0.15) is 11.9 Å². The third-order valence-electron chi connectivity index (χ3n) is 10.2. The molecule has 11 nitrogen and oxygen atoms in total. The number of likely N-dealkylation sites (tertiary alicyclic amines) is 1. The van der Waals surface area contributed by atoms with Crippen molar-refractivity contribution in [1.29, 1.82) is 0 Å². The lowest BCUT2D eigenvalue weighted by atomic mass is 10.00. The van der Waals surface area contributed by atoms with Gasteiger partial charge in [-0.05, 0) is 79.1 Å². The molecule has 0 aliphatic carbocycles. The number of piperidine rings is 1. The minimum Gasteiger partial charge on any atom is -0.506 e. The molecule has 1 saturated heterocycles. The lowest BCUT2D eigenvalue weighted by molar-refractivity contribution is 0.0524. The normalized spacial score (nSPS) is 15.2. The molecule has 11 heteroatoms. The summed E-state index contributed by atoms with van der Waals surface area (Å²) in [5.74, 6) is 0.00505. The molecule has 7 rings (SSSR count). The molecule has 0 bridgehead atoms. The number of para-hydroxylation sites is 1. The molecule has 1 atom stereocenters. The standard InChI is InChI=1S/C42H45N5O6.C3H6/c48-37-16-14-34(35-15-17-39(50)45-40(35)37)38(49)27-43-26-28-12-13-33-30(25-28)9-6-20-47(41(33)51)24-23-46-21-18-31(19-22-46)53-42(52)44-36-11-5-4-10-32(36)29-7-2-1-3-8-29;1-3-2/h1-5,7-8,10-17,25,31,38,43,48-49H,6,9,18-24,26-27H2,(H,44,52)(H,45,50);3H,1H2,2H3. The molecule has 3 heterocycles. The van der Waals surface area contributed by atoms with E-state index in [1.165, 1.54) is 12.1 Å². The summed E-state index contributed by atoms with van der Waals surface area (Å²) in [4.78, 5) is 45.1. The molecular formula is C45H51N5O6. The number of carbonyl (C=O) groups excluding carboxylic acids is 2. The molecule has 1 aromatic heterocycles. The Kier molecular flexibility index (Phi) is 13.7. The predicted octanol–water partition coefficient (Wildman–Crippen LogP) is 7.02. The monoisotopic (exact) mass is 757 g/mol. The smallest absolute Gasteiger partial charge is 0.411 e. The van der Waals surface area contributed by atoms with Gasteiger partial charge in [0.2, 0.25) is 5.56 Å². The van der Waals surface area contributed by atoms with E-state index in [0.717, 1.165) is 78.8 Å². The number of aliphatic hydroxyl groups is 1. The van der Waals surface area contributed by atoms with Gasteiger partial charge in [-0.2, -0.15) is 0 Å². The van der Waals surface area contributed by atoms with Gasteiger partial charge in [0, 0.05) is 68.4 Å². The number of nitrogens with zero attached hydrogens (tertiary/aromatic N) is 2. The summed E-state index contributed by atoms with van der Waals surface area (Å²) in [6.45, 7) is 9.72. The fraction of sp³-hybridized carbons (Fsp3) is 0.311. The zero-order valence-electron chi connectivity index (χ0n) is 31.9. The molecule has 1 unspecified atom stereocenters. The number of aromatic nitrogens is 1. The number of aliphatic hydroxyl groups excluding tert-OH is 1. The second kappa shape index (κ2) is 19.2. The van der Waals surface area contributed by atoms with Gasteiger partial charge in [-0.15, -0.1) is 6.58 Å². The summed E-state index contributed by atoms with van der Waals surface area (Å²) in [5, 5.41) is 27.9. The first kappa shape index (κ1) is 39.9. The molecule has 5 aromatic rings. The number of hydrogen-bond acceptors (Lipinski definition) is 8. The Hall–Kier alpha value is -5.75. The lowest BCUT2D eigenvalue weighted by Gasteiger charge is -2.33. The van der Waals surface area contributed by atoms with Crippen molar-refractivity contribution in [3.05, 3.63) is 142 Å². The van der Waals surface area contributed by atoms with Gasteiger partial charge in [-0.25, -0.2) is 4.79 Å². The number of rotatable bonds is 11. The van der Waals surface area contributed by atoms with E-state index < -0.39 is 12.2 Å². The second-order valence-electron chi connectivity index (χ2n) is 14.2. The zero-order chi connectivity index (χ0) is 39.4. The third kappa shape index (κ3) is 10.1. The topological polar surface area (TPSA) is 147 Å². The molecule has 4 aromatic carbocycles. The van der Waals surface area contributed by atoms with Crippen LogP contribution in [0.5, 0.6) is 5.75 Å². The Morgan fingerprint density at radius 1 is 0.946 bits per heavy atom. The summed E-state index contributed by atoms with van der Waals surface area (Å²) >= 11 is 0. The van der Waals surface area contributed by atoms with Gasteiger partial charge in [0.15, 0.2) is 0 Å². The number of amides is 2. The first-order chi connectivity index (χ1) is 27.2. The molecule has 1 fully saturated rings. The number of hydrogen-bond donors (Lipinski definition) is 5. The van der Waals surface area contributed by atoms with Crippen LogP contribution in [0.1, 0.15) is 59.3 Å². The fourth-order valence-corrected chi connectivity index (χ4v) is 7.40. The van der Waals surface area contributed by atoms with Crippen LogP contribution in [0.2, 0.25) is 0 Å². The van der Waals surface area contributed by atoms with Gasteiger partial charge in [0.25, 0.3) is 5.91 Å². The Labute approximate surface area is 327 Å². The van der Waals surface area contributed by atoms with Crippen molar-refractivity contribution in [3.63, 3.8) is 0 Å². The number of aromatic hydroxyl groups is 1. The molecule has 2 aliphatic heterocycles. The molecular weight excluding hydrogens is 707 g/mol. The number of carbonyl (C=O) groups is 2. The van der Waals surface area contributed by atoms with Crippen molar-refractivity contribution >= 4 is 28.6 Å². The number of aryl methyl sites for hydroxylation is 1. The first-order valence-corrected chi connectivity index (χ1v) is 19.3. The minimum absolute atomic E-state index is 0.0462. The number of anilines is 1.